The van der Waals surface area contributed by atoms with Crippen LogP contribution in [0.4, 0.5) is 13.2 Å². The molecule has 2 N–H and O–H groups in total. The number of rotatable bonds is 7. The first kappa shape index (κ1) is 26.2. The van der Waals surface area contributed by atoms with E-state index in [9.17, 15) is 22.8 Å². The summed E-state index contributed by atoms with van der Waals surface area (Å²) in [5.41, 5.74) is 0.620. The number of carbonyl (C=O) groups is 3. The third-order valence-electron chi connectivity index (χ3n) is 4.39. The molecule has 1 heterocycles. The highest BCUT2D eigenvalue weighted by atomic mass is 19.4. The van der Waals surface area contributed by atoms with E-state index >= 15 is 0 Å². The van der Waals surface area contributed by atoms with E-state index in [1.54, 1.807) is 29.2 Å². The molecule has 0 saturated carbocycles. The summed E-state index contributed by atoms with van der Waals surface area (Å²) >= 11 is 0. The Morgan fingerprint density at radius 1 is 1.13 bits per heavy atom. The molecule has 1 saturated heterocycles. The maximum atomic E-state index is 12.6. The number of nitrogens with one attached hydrogen (secondary N) is 1. The van der Waals surface area contributed by atoms with Gasteiger partial charge in [-0.25, -0.2) is 4.79 Å². The first-order valence-electron chi connectivity index (χ1n) is 9.90. The number of carboxylic acid groups (broad SMARTS) is 1. The van der Waals surface area contributed by atoms with Gasteiger partial charge in [0.1, 0.15) is 5.75 Å². The van der Waals surface area contributed by atoms with Gasteiger partial charge in [0.25, 0.3) is 5.91 Å². The molecule has 0 aromatic heterocycles. The molecule has 1 fully saturated rings. The fraction of sp³-hybridized carbons (Fsp3) is 0.550. The predicted octanol–water partition coefficient (Wildman–Crippen LogP) is 2.00. The van der Waals surface area contributed by atoms with Crippen molar-refractivity contribution >= 4 is 17.8 Å². The van der Waals surface area contributed by atoms with Gasteiger partial charge >= 0.3 is 12.1 Å². The van der Waals surface area contributed by atoms with Crippen molar-refractivity contribution in [3.8, 4) is 5.75 Å². The fourth-order valence-corrected chi connectivity index (χ4v) is 2.75. The van der Waals surface area contributed by atoms with Gasteiger partial charge in [-0.15, -0.1) is 0 Å². The van der Waals surface area contributed by atoms with E-state index in [-0.39, 0.29) is 11.8 Å². The first-order chi connectivity index (χ1) is 14.6. The Balaban J connectivity index is 0.000000592. The molecule has 0 atom stereocenters. The third kappa shape index (κ3) is 9.24. The number of hydrogen-bond donors (Lipinski definition) is 2. The molecule has 1 aliphatic rings. The van der Waals surface area contributed by atoms with Crippen LogP contribution in [0.2, 0.25) is 0 Å². The molecule has 174 valence electrons. The number of piperazine rings is 1. The van der Waals surface area contributed by atoms with Crippen LogP contribution in [0.1, 0.15) is 30.6 Å². The minimum absolute atomic E-state index is 0.0475. The molecule has 2 amide bonds. The first-order valence-corrected chi connectivity index (χ1v) is 9.90. The standard InChI is InChI=1S/C18H27N3O3.C2HF3O2/c1-3-20(12-9-17(22)21-13-10-19-11-14-21)18(23)15-5-7-16(8-6-15)24-4-2;3-2(4,5)1(6)7/h5-8,19H,3-4,9-14H2,1-2H3;(H,6,7). The van der Waals surface area contributed by atoms with E-state index in [1.807, 2.05) is 18.7 Å². The van der Waals surface area contributed by atoms with E-state index in [1.165, 1.54) is 0 Å². The third-order valence-corrected chi connectivity index (χ3v) is 4.39. The summed E-state index contributed by atoms with van der Waals surface area (Å²) in [5, 5.41) is 10.4. The number of amides is 2. The maximum Gasteiger partial charge on any atom is 0.490 e. The van der Waals surface area contributed by atoms with Crippen LogP contribution in [-0.4, -0.2) is 84.7 Å². The molecule has 1 aromatic carbocycles. The molecule has 1 aliphatic heterocycles. The Hall–Kier alpha value is -2.82. The number of benzene rings is 1. The molecule has 2 rings (SSSR count). The van der Waals surface area contributed by atoms with Crippen LogP contribution in [0.25, 0.3) is 0 Å². The van der Waals surface area contributed by atoms with Crippen LogP contribution in [-0.2, 0) is 9.59 Å². The molecular formula is C20H28F3N3O5. The number of alkyl halides is 3. The number of carbonyl (C=O) groups excluding carboxylic acids is 2. The highest BCUT2D eigenvalue weighted by molar-refractivity contribution is 5.94. The molecule has 31 heavy (non-hydrogen) atoms. The smallest absolute Gasteiger partial charge is 0.490 e. The molecular weight excluding hydrogens is 419 g/mol. The van der Waals surface area contributed by atoms with Gasteiger partial charge in [0.2, 0.25) is 5.91 Å². The predicted molar refractivity (Wildman–Crippen MR) is 107 cm³/mol. The lowest BCUT2D eigenvalue weighted by atomic mass is 10.2. The second-order valence-corrected chi connectivity index (χ2v) is 6.53. The van der Waals surface area contributed by atoms with Crippen molar-refractivity contribution in [2.45, 2.75) is 26.4 Å². The number of halogens is 3. The number of hydrogen-bond acceptors (Lipinski definition) is 5. The van der Waals surface area contributed by atoms with Crippen LogP contribution in [0.3, 0.4) is 0 Å². The lowest BCUT2D eigenvalue weighted by molar-refractivity contribution is -0.192. The number of nitrogens with zero attached hydrogens (tertiary/aromatic N) is 2. The topological polar surface area (TPSA) is 99.2 Å². The lowest BCUT2D eigenvalue weighted by Gasteiger charge is -2.28. The van der Waals surface area contributed by atoms with Crippen LogP contribution >= 0.6 is 0 Å². The lowest BCUT2D eigenvalue weighted by Crippen LogP contribution is -2.47. The van der Waals surface area contributed by atoms with Crippen molar-refractivity contribution < 1.29 is 37.4 Å². The highest BCUT2D eigenvalue weighted by Gasteiger charge is 2.38. The van der Waals surface area contributed by atoms with Crippen molar-refractivity contribution in [1.82, 2.24) is 15.1 Å². The SMILES string of the molecule is CCOc1ccc(C(=O)N(CC)CCC(=O)N2CCNCC2)cc1.O=C(O)C(F)(F)F. The molecule has 8 nitrogen and oxygen atoms in total. The summed E-state index contributed by atoms with van der Waals surface area (Å²) in [5.74, 6) is -1.93. The Morgan fingerprint density at radius 3 is 2.13 bits per heavy atom. The van der Waals surface area contributed by atoms with Crippen molar-refractivity contribution in [1.29, 1.82) is 0 Å². The molecule has 0 bridgehead atoms. The van der Waals surface area contributed by atoms with Gasteiger partial charge in [-0.05, 0) is 38.1 Å². The Kier molecular flexibility index (Phi) is 10.8. The van der Waals surface area contributed by atoms with Crippen LogP contribution in [0.5, 0.6) is 5.75 Å². The van der Waals surface area contributed by atoms with Crippen LogP contribution < -0.4 is 10.1 Å². The average Bonchev–Trinajstić information content (AvgIpc) is 2.75. The van der Waals surface area contributed by atoms with E-state index in [2.05, 4.69) is 5.32 Å². The van der Waals surface area contributed by atoms with E-state index in [0.29, 0.717) is 31.7 Å². The van der Waals surface area contributed by atoms with E-state index in [4.69, 9.17) is 14.6 Å². The van der Waals surface area contributed by atoms with Gasteiger partial charge in [0.15, 0.2) is 0 Å². The molecule has 1 aromatic rings. The molecule has 0 radical (unpaired) electrons. The van der Waals surface area contributed by atoms with Gasteiger partial charge < -0.3 is 25.0 Å². The van der Waals surface area contributed by atoms with E-state index in [0.717, 1.165) is 31.9 Å². The van der Waals surface area contributed by atoms with Crippen molar-refractivity contribution in [3.05, 3.63) is 29.8 Å². The van der Waals surface area contributed by atoms with Gasteiger partial charge in [-0.1, -0.05) is 0 Å². The van der Waals surface area contributed by atoms with Crippen molar-refractivity contribution in [2.75, 3.05) is 45.9 Å². The zero-order valence-electron chi connectivity index (χ0n) is 17.6. The van der Waals surface area contributed by atoms with Gasteiger partial charge in [0.05, 0.1) is 6.61 Å². The Labute approximate surface area is 178 Å². The largest absolute Gasteiger partial charge is 0.494 e. The summed E-state index contributed by atoms with van der Waals surface area (Å²) < 4.78 is 37.1. The fourth-order valence-electron chi connectivity index (χ4n) is 2.75. The van der Waals surface area contributed by atoms with Gasteiger partial charge in [-0.3, -0.25) is 9.59 Å². The minimum atomic E-state index is -5.08. The molecule has 0 spiro atoms. The normalized spacial score (nSPS) is 13.6. The van der Waals surface area contributed by atoms with E-state index < -0.39 is 12.1 Å². The summed E-state index contributed by atoms with van der Waals surface area (Å²) in [4.78, 5) is 37.3. The van der Waals surface area contributed by atoms with Gasteiger partial charge in [0, 0.05) is 51.3 Å². The second kappa shape index (κ2) is 12.8. The molecule has 0 unspecified atom stereocenters. The summed E-state index contributed by atoms with van der Waals surface area (Å²) in [7, 11) is 0. The minimum Gasteiger partial charge on any atom is -0.494 e. The summed E-state index contributed by atoms with van der Waals surface area (Å²) in [6.07, 6.45) is -4.71. The number of carboxylic acids is 1. The zero-order valence-corrected chi connectivity index (χ0v) is 17.6. The second-order valence-electron chi connectivity index (χ2n) is 6.53. The zero-order chi connectivity index (χ0) is 23.4. The molecule has 0 aliphatic carbocycles. The summed E-state index contributed by atoms with van der Waals surface area (Å²) in [6.45, 7) is 8.67. The summed E-state index contributed by atoms with van der Waals surface area (Å²) in [6, 6.07) is 7.15. The van der Waals surface area contributed by atoms with Crippen LogP contribution in [0.15, 0.2) is 24.3 Å². The number of ether oxygens (including phenoxy) is 1. The molecule has 11 heteroatoms. The maximum absolute atomic E-state index is 12.6. The Bertz CT molecular complexity index is 720. The highest BCUT2D eigenvalue weighted by Crippen LogP contribution is 2.14. The van der Waals surface area contributed by atoms with Crippen molar-refractivity contribution in [3.63, 3.8) is 0 Å². The quantitative estimate of drug-likeness (QED) is 0.664. The van der Waals surface area contributed by atoms with Gasteiger partial charge in [-0.2, -0.15) is 13.2 Å². The monoisotopic (exact) mass is 447 g/mol. The van der Waals surface area contributed by atoms with Crippen molar-refractivity contribution in [2.24, 2.45) is 0 Å². The average molecular weight is 447 g/mol. The Morgan fingerprint density at radius 2 is 1.68 bits per heavy atom. The van der Waals surface area contributed by atoms with Crippen LogP contribution in [0, 0.1) is 0 Å². The number of aliphatic carboxylic acids is 1.